The van der Waals surface area contributed by atoms with Crippen LogP contribution in [-0.4, -0.2) is 36.1 Å². The van der Waals surface area contributed by atoms with Crippen molar-refractivity contribution in [2.24, 2.45) is 17.6 Å². The van der Waals surface area contributed by atoms with E-state index in [0.717, 1.165) is 37.2 Å². The maximum absolute atomic E-state index is 5.62. The van der Waals surface area contributed by atoms with Gasteiger partial charge in [-0.2, -0.15) is 0 Å². The first-order valence-electron chi connectivity index (χ1n) is 7.20. The molecule has 1 aromatic heterocycles. The average molecular weight is 263 g/mol. The van der Waals surface area contributed by atoms with E-state index < -0.39 is 0 Å². The smallest absolute Gasteiger partial charge is 0.134 e. The Morgan fingerprint density at radius 2 is 2.16 bits per heavy atom. The molecular weight excluding hydrogens is 238 g/mol. The summed E-state index contributed by atoms with van der Waals surface area (Å²) in [6.07, 6.45) is 4.14. The van der Waals surface area contributed by atoms with Crippen LogP contribution in [0.1, 0.15) is 26.7 Å². The summed E-state index contributed by atoms with van der Waals surface area (Å²) in [6.45, 7) is 8.17. The van der Waals surface area contributed by atoms with Gasteiger partial charge in [0.2, 0.25) is 0 Å². The lowest BCUT2D eigenvalue weighted by molar-refractivity contribution is 0.436. The fraction of sp³-hybridized carbons (Fsp3) is 0.714. The van der Waals surface area contributed by atoms with Crippen LogP contribution in [0.2, 0.25) is 0 Å². The predicted molar refractivity (Wildman–Crippen MR) is 79.4 cm³/mol. The van der Waals surface area contributed by atoms with Crippen molar-refractivity contribution in [1.82, 2.24) is 9.97 Å². The molecule has 106 valence electrons. The summed E-state index contributed by atoms with van der Waals surface area (Å²) in [4.78, 5) is 11.0. The van der Waals surface area contributed by atoms with Gasteiger partial charge < -0.3 is 16.0 Å². The minimum Gasteiger partial charge on any atom is -0.370 e. The average Bonchev–Trinajstić information content (AvgIpc) is 2.46. The molecule has 0 bridgehead atoms. The standard InChI is InChI=1S/C14H25N5/c1-11-3-5-19(6-4-11)14-7-13(17-10-18-14)16-9-12(2)8-15/h7,10-12H,3-6,8-9,15H2,1-2H3,(H,16,17,18). The zero-order valence-corrected chi connectivity index (χ0v) is 12.0. The van der Waals surface area contributed by atoms with Gasteiger partial charge in [0.1, 0.15) is 18.0 Å². The van der Waals surface area contributed by atoms with E-state index in [0.29, 0.717) is 12.5 Å². The molecule has 2 rings (SSSR count). The molecule has 1 atom stereocenters. The molecule has 5 nitrogen and oxygen atoms in total. The zero-order valence-electron chi connectivity index (χ0n) is 12.0. The Labute approximate surface area is 115 Å². The van der Waals surface area contributed by atoms with Gasteiger partial charge in [0.05, 0.1) is 0 Å². The zero-order chi connectivity index (χ0) is 13.7. The topological polar surface area (TPSA) is 67.1 Å². The molecule has 1 aromatic rings. The maximum atomic E-state index is 5.62. The van der Waals surface area contributed by atoms with E-state index in [2.05, 4.69) is 34.0 Å². The Hall–Kier alpha value is -1.36. The van der Waals surface area contributed by atoms with E-state index in [4.69, 9.17) is 5.73 Å². The summed E-state index contributed by atoms with van der Waals surface area (Å²) in [5.74, 6) is 3.21. The molecule has 3 N–H and O–H groups in total. The summed E-state index contributed by atoms with van der Waals surface area (Å²) in [5, 5.41) is 3.33. The summed E-state index contributed by atoms with van der Waals surface area (Å²) in [7, 11) is 0. The second-order valence-corrected chi connectivity index (χ2v) is 5.65. The van der Waals surface area contributed by atoms with Crippen molar-refractivity contribution in [3.05, 3.63) is 12.4 Å². The second kappa shape index (κ2) is 6.70. The number of nitrogens with zero attached hydrogens (tertiary/aromatic N) is 3. The molecule has 19 heavy (non-hydrogen) atoms. The van der Waals surface area contributed by atoms with Crippen LogP contribution in [0.25, 0.3) is 0 Å². The van der Waals surface area contributed by atoms with Crippen molar-refractivity contribution < 1.29 is 0 Å². The number of anilines is 2. The van der Waals surface area contributed by atoms with Gasteiger partial charge in [-0.05, 0) is 31.2 Å². The number of rotatable bonds is 5. The Kier molecular flexibility index (Phi) is 4.96. The third-order valence-corrected chi connectivity index (χ3v) is 3.79. The van der Waals surface area contributed by atoms with E-state index in [-0.39, 0.29) is 0 Å². The van der Waals surface area contributed by atoms with Crippen molar-refractivity contribution >= 4 is 11.6 Å². The minimum atomic E-state index is 0.453. The molecule has 0 spiro atoms. The van der Waals surface area contributed by atoms with Crippen molar-refractivity contribution in [3.8, 4) is 0 Å². The van der Waals surface area contributed by atoms with E-state index in [1.807, 2.05) is 6.07 Å². The van der Waals surface area contributed by atoms with Gasteiger partial charge in [0, 0.05) is 25.7 Å². The van der Waals surface area contributed by atoms with Gasteiger partial charge in [0.15, 0.2) is 0 Å². The summed E-state index contributed by atoms with van der Waals surface area (Å²) in [5.41, 5.74) is 5.62. The van der Waals surface area contributed by atoms with Crippen molar-refractivity contribution in [3.63, 3.8) is 0 Å². The van der Waals surface area contributed by atoms with Crippen molar-refractivity contribution in [2.45, 2.75) is 26.7 Å². The fourth-order valence-electron chi connectivity index (χ4n) is 2.22. The van der Waals surface area contributed by atoms with E-state index in [1.165, 1.54) is 12.8 Å². The Balaban J connectivity index is 1.95. The van der Waals surface area contributed by atoms with Crippen LogP contribution in [0.4, 0.5) is 11.6 Å². The van der Waals surface area contributed by atoms with Crippen LogP contribution in [0, 0.1) is 11.8 Å². The Morgan fingerprint density at radius 3 is 2.84 bits per heavy atom. The molecule has 0 radical (unpaired) electrons. The Morgan fingerprint density at radius 1 is 1.42 bits per heavy atom. The Bertz CT molecular complexity index is 387. The lowest BCUT2D eigenvalue weighted by Crippen LogP contribution is -2.33. The molecular formula is C14H25N5. The van der Waals surface area contributed by atoms with Gasteiger partial charge in [-0.15, -0.1) is 0 Å². The molecule has 0 saturated carbocycles. The number of nitrogens with two attached hydrogens (primary N) is 1. The third kappa shape index (κ3) is 4.06. The largest absolute Gasteiger partial charge is 0.370 e. The molecule has 2 heterocycles. The van der Waals surface area contributed by atoms with Gasteiger partial charge in [-0.3, -0.25) is 0 Å². The van der Waals surface area contributed by atoms with E-state index in [1.54, 1.807) is 6.33 Å². The second-order valence-electron chi connectivity index (χ2n) is 5.65. The molecule has 1 saturated heterocycles. The maximum Gasteiger partial charge on any atom is 0.134 e. The first kappa shape index (κ1) is 14.1. The number of piperidine rings is 1. The molecule has 1 fully saturated rings. The van der Waals surface area contributed by atoms with Gasteiger partial charge in [-0.1, -0.05) is 13.8 Å². The molecule has 1 unspecified atom stereocenters. The lowest BCUT2D eigenvalue weighted by atomic mass is 9.99. The SMILES string of the molecule is CC1CCN(c2cc(NCC(C)CN)ncn2)CC1. The van der Waals surface area contributed by atoms with Crippen LogP contribution in [-0.2, 0) is 0 Å². The van der Waals surface area contributed by atoms with Crippen LogP contribution >= 0.6 is 0 Å². The molecule has 5 heteroatoms. The first-order chi connectivity index (χ1) is 9.19. The monoisotopic (exact) mass is 263 g/mol. The highest BCUT2D eigenvalue weighted by Gasteiger charge is 2.17. The molecule has 0 amide bonds. The molecule has 1 aliphatic heterocycles. The number of nitrogens with one attached hydrogen (secondary N) is 1. The summed E-state index contributed by atoms with van der Waals surface area (Å²) in [6, 6.07) is 2.04. The van der Waals surface area contributed by atoms with Gasteiger partial charge in [0.25, 0.3) is 0 Å². The lowest BCUT2D eigenvalue weighted by Gasteiger charge is -2.31. The van der Waals surface area contributed by atoms with Crippen LogP contribution in [0.3, 0.4) is 0 Å². The third-order valence-electron chi connectivity index (χ3n) is 3.79. The highest BCUT2D eigenvalue weighted by atomic mass is 15.2. The molecule has 1 aliphatic rings. The predicted octanol–water partition coefficient (Wildman–Crippen LogP) is 1.72. The molecule has 0 aliphatic carbocycles. The fourth-order valence-corrected chi connectivity index (χ4v) is 2.22. The van der Waals surface area contributed by atoms with Gasteiger partial charge >= 0.3 is 0 Å². The summed E-state index contributed by atoms with van der Waals surface area (Å²) < 4.78 is 0. The number of aromatic nitrogens is 2. The van der Waals surface area contributed by atoms with Crippen molar-refractivity contribution in [1.29, 1.82) is 0 Å². The first-order valence-corrected chi connectivity index (χ1v) is 7.20. The number of hydrogen-bond acceptors (Lipinski definition) is 5. The molecule has 0 aromatic carbocycles. The van der Waals surface area contributed by atoms with Gasteiger partial charge in [-0.25, -0.2) is 9.97 Å². The van der Waals surface area contributed by atoms with E-state index in [9.17, 15) is 0 Å². The van der Waals surface area contributed by atoms with Crippen LogP contribution in [0.15, 0.2) is 12.4 Å². The summed E-state index contributed by atoms with van der Waals surface area (Å²) >= 11 is 0. The highest BCUT2D eigenvalue weighted by Crippen LogP contribution is 2.22. The van der Waals surface area contributed by atoms with Crippen LogP contribution < -0.4 is 16.0 Å². The minimum absolute atomic E-state index is 0.453. The van der Waals surface area contributed by atoms with Crippen molar-refractivity contribution in [2.75, 3.05) is 36.4 Å². The quantitative estimate of drug-likeness (QED) is 0.846. The van der Waals surface area contributed by atoms with E-state index >= 15 is 0 Å². The number of hydrogen-bond donors (Lipinski definition) is 2. The van der Waals surface area contributed by atoms with Crippen LogP contribution in [0.5, 0.6) is 0 Å². The normalized spacial score (nSPS) is 18.4. The highest BCUT2D eigenvalue weighted by molar-refractivity contribution is 5.48.